The molecule has 0 radical (unpaired) electrons. The molecular weight excluding hydrogens is 124 g/mol. The topological polar surface area (TPSA) is 24.1 Å². The van der Waals surface area contributed by atoms with E-state index < -0.39 is 0 Å². The summed E-state index contributed by atoms with van der Waals surface area (Å²) < 4.78 is 0. The summed E-state index contributed by atoms with van der Waals surface area (Å²) in [7, 11) is 0. The summed E-state index contributed by atoms with van der Waals surface area (Å²) in [5.74, 6) is 0. The lowest BCUT2D eigenvalue weighted by Crippen LogP contribution is -2.30. The van der Waals surface area contributed by atoms with Crippen LogP contribution in [0.5, 0.6) is 0 Å². The van der Waals surface area contributed by atoms with Crippen LogP contribution in [0.15, 0.2) is 36.2 Å². The second kappa shape index (κ2) is 2.60. The van der Waals surface area contributed by atoms with Crippen molar-refractivity contribution in [3.05, 3.63) is 36.2 Å². The Bertz CT molecular complexity index is 201. The normalized spacial score (nSPS) is 16.9. The van der Waals surface area contributed by atoms with Gasteiger partial charge in [-0.15, -0.1) is 0 Å². The van der Waals surface area contributed by atoms with Crippen molar-refractivity contribution in [1.82, 2.24) is 10.6 Å². The van der Waals surface area contributed by atoms with Crippen LogP contribution in [0.4, 0.5) is 0 Å². The minimum Gasteiger partial charge on any atom is -0.373 e. The lowest BCUT2D eigenvalue weighted by Gasteiger charge is -2.18. The number of rotatable bonds is 1. The molecule has 1 heterocycles. The lowest BCUT2D eigenvalue weighted by molar-refractivity contribution is 0.711. The molecule has 0 atom stereocenters. The van der Waals surface area contributed by atoms with Crippen LogP contribution < -0.4 is 10.6 Å². The molecule has 0 aromatic heterocycles. The van der Waals surface area contributed by atoms with Crippen LogP contribution in [0, 0.1) is 0 Å². The van der Waals surface area contributed by atoms with Gasteiger partial charge in [0.2, 0.25) is 0 Å². The summed E-state index contributed by atoms with van der Waals surface area (Å²) in [6, 6.07) is 0. The molecule has 1 aliphatic rings. The van der Waals surface area contributed by atoms with E-state index in [4.69, 9.17) is 0 Å². The van der Waals surface area contributed by atoms with Gasteiger partial charge in [0, 0.05) is 17.5 Å². The molecule has 0 aromatic rings. The van der Waals surface area contributed by atoms with Gasteiger partial charge in [0.1, 0.15) is 0 Å². The van der Waals surface area contributed by atoms with Crippen LogP contribution in [-0.2, 0) is 0 Å². The molecule has 2 heteroatoms. The highest BCUT2D eigenvalue weighted by atomic mass is 15.1. The van der Waals surface area contributed by atoms with Crippen molar-refractivity contribution in [3.63, 3.8) is 0 Å². The molecule has 2 nitrogen and oxygen atoms in total. The monoisotopic (exact) mass is 136 g/mol. The van der Waals surface area contributed by atoms with Gasteiger partial charge < -0.3 is 10.6 Å². The Morgan fingerprint density at radius 2 is 2.40 bits per heavy atom. The number of hydrogen-bond donors (Lipinski definition) is 2. The van der Waals surface area contributed by atoms with E-state index in [9.17, 15) is 0 Å². The molecule has 1 aliphatic heterocycles. The van der Waals surface area contributed by atoms with Gasteiger partial charge in [0.05, 0.1) is 6.67 Å². The lowest BCUT2D eigenvalue weighted by atomic mass is 10.1. The Morgan fingerprint density at radius 3 is 2.80 bits per heavy atom. The molecule has 0 aliphatic carbocycles. The average molecular weight is 136 g/mol. The summed E-state index contributed by atoms with van der Waals surface area (Å²) >= 11 is 0. The van der Waals surface area contributed by atoms with Crippen LogP contribution in [0.2, 0.25) is 0 Å². The Morgan fingerprint density at radius 1 is 1.70 bits per heavy atom. The second-order valence-electron chi connectivity index (χ2n) is 2.37. The summed E-state index contributed by atoms with van der Waals surface area (Å²) in [5.41, 5.74) is 3.06. The van der Waals surface area contributed by atoms with Crippen LogP contribution >= 0.6 is 0 Å². The molecule has 10 heavy (non-hydrogen) atoms. The minimum atomic E-state index is 0.760. The van der Waals surface area contributed by atoms with E-state index in [1.165, 1.54) is 0 Å². The summed E-state index contributed by atoms with van der Waals surface area (Å²) in [6.07, 6.45) is 1.93. The largest absolute Gasteiger partial charge is 0.373 e. The first-order chi connectivity index (χ1) is 4.72. The fourth-order valence-corrected chi connectivity index (χ4v) is 0.874. The average Bonchev–Trinajstić information content (AvgIpc) is 1.88. The third kappa shape index (κ3) is 1.21. The van der Waals surface area contributed by atoms with E-state index in [-0.39, 0.29) is 0 Å². The van der Waals surface area contributed by atoms with Crippen LogP contribution in [0.1, 0.15) is 6.92 Å². The summed E-state index contributed by atoms with van der Waals surface area (Å²) in [4.78, 5) is 0. The molecule has 0 saturated heterocycles. The summed E-state index contributed by atoms with van der Waals surface area (Å²) in [5, 5.41) is 6.13. The first kappa shape index (κ1) is 6.93. The van der Waals surface area contributed by atoms with Crippen LogP contribution in [0.25, 0.3) is 0 Å². The Hall–Kier alpha value is -1.18. The highest BCUT2D eigenvalue weighted by molar-refractivity contribution is 5.42. The third-order valence-corrected chi connectivity index (χ3v) is 1.44. The van der Waals surface area contributed by atoms with Gasteiger partial charge in [-0.2, -0.15) is 0 Å². The zero-order chi connectivity index (χ0) is 7.56. The smallest absolute Gasteiger partial charge is 0.0844 e. The number of allylic oxidation sites excluding steroid dienone is 1. The zero-order valence-corrected chi connectivity index (χ0v) is 6.20. The number of nitrogens with one attached hydrogen (secondary N) is 2. The molecule has 0 unspecified atom stereocenters. The summed E-state index contributed by atoms with van der Waals surface area (Å²) in [6.45, 7) is 10.4. The molecule has 54 valence electrons. The van der Waals surface area contributed by atoms with Crippen molar-refractivity contribution in [2.45, 2.75) is 6.92 Å². The maximum absolute atomic E-state index is 3.84. The number of hydrogen-bond acceptors (Lipinski definition) is 2. The molecule has 0 spiro atoms. The van der Waals surface area contributed by atoms with Gasteiger partial charge in [0.25, 0.3) is 0 Å². The van der Waals surface area contributed by atoms with Crippen molar-refractivity contribution in [2.24, 2.45) is 0 Å². The predicted octanol–water partition coefficient (Wildman–Crippen LogP) is 1.11. The molecule has 2 N–H and O–H groups in total. The molecule has 0 aromatic carbocycles. The van der Waals surface area contributed by atoms with Crippen molar-refractivity contribution in [3.8, 4) is 0 Å². The molecule has 0 amide bonds. The van der Waals surface area contributed by atoms with Gasteiger partial charge in [-0.05, 0) is 12.5 Å². The molecule has 0 bridgehead atoms. The first-order valence-electron chi connectivity index (χ1n) is 3.24. The van der Waals surface area contributed by atoms with Gasteiger partial charge in [-0.3, -0.25) is 0 Å². The van der Waals surface area contributed by atoms with Gasteiger partial charge in [0.15, 0.2) is 0 Å². The van der Waals surface area contributed by atoms with Crippen LogP contribution in [-0.4, -0.2) is 6.67 Å². The van der Waals surface area contributed by atoms with Crippen molar-refractivity contribution in [2.75, 3.05) is 6.67 Å². The Labute approximate surface area is 61.3 Å². The minimum absolute atomic E-state index is 0.760. The fourth-order valence-electron chi connectivity index (χ4n) is 0.874. The van der Waals surface area contributed by atoms with E-state index in [1.54, 1.807) is 0 Å². The van der Waals surface area contributed by atoms with E-state index >= 15 is 0 Å². The predicted molar refractivity (Wildman–Crippen MR) is 43.2 cm³/mol. The SMILES string of the molecule is C=C(C)C1=CNCNC1=C. The Balaban J connectivity index is 2.81. The van der Waals surface area contributed by atoms with E-state index in [0.29, 0.717) is 0 Å². The standard InChI is InChI=1S/C8H12N2/c1-6(2)8-4-9-5-10-7(8)3/h4,9-10H,1,3,5H2,2H3. The van der Waals surface area contributed by atoms with E-state index in [0.717, 1.165) is 23.5 Å². The van der Waals surface area contributed by atoms with Gasteiger partial charge in [-0.1, -0.05) is 13.2 Å². The Kier molecular flexibility index (Phi) is 1.81. The van der Waals surface area contributed by atoms with Crippen LogP contribution in [0.3, 0.4) is 0 Å². The van der Waals surface area contributed by atoms with E-state index in [1.807, 2.05) is 13.1 Å². The van der Waals surface area contributed by atoms with Crippen molar-refractivity contribution < 1.29 is 0 Å². The highest BCUT2D eigenvalue weighted by Gasteiger charge is 2.05. The van der Waals surface area contributed by atoms with Crippen molar-refractivity contribution >= 4 is 0 Å². The third-order valence-electron chi connectivity index (χ3n) is 1.44. The van der Waals surface area contributed by atoms with Crippen molar-refractivity contribution in [1.29, 1.82) is 0 Å². The maximum Gasteiger partial charge on any atom is 0.0844 e. The maximum atomic E-state index is 3.84. The second-order valence-corrected chi connectivity index (χ2v) is 2.37. The quantitative estimate of drug-likeness (QED) is 0.564. The molecular formula is C8H12N2. The highest BCUT2D eigenvalue weighted by Crippen LogP contribution is 2.13. The first-order valence-corrected chi connectivity index (χ1v) is 3.24. The fraction of sp³-hybridized carbons (Fsp3) is 0.250. The van der Waals surface area contributed by atoms with Gasteiger partial charge >= 0.3 is 0 Å². The molecule has 1 rings (SSSR count). The van der Waals surface area contributed by atoms with Gasteiger partial charge in [-0.25, -0.2) is 0 Å². The molecule has 0 fully saturated rings. The molecule has 0 saturated carbocycles. The zero-order valence-electron chi connectivity index (χ0n) is 6.20. The van der Waals surface area contributed by atoms with E-state index in [2.05, 4.69) is 23.8 Å².